The zero-order valence-electron chi connectivity index (χ0n) is 18.2. The Balaban J connectivity index is 1.34. The van der Waals surface area contributed by atoms with Gasteiger partial charge in [-0.3, -0.25) is 9.69 Å². The number of aryl methyl sites for hydroxylation is 1. The van der Waals surface area contributed by atoms with Crippen molar-refractivity contribution in [1.29, 1.82) is 0 Å². The van der Waals surface area contributed by atoms with Crippen LogP contribution in [0.15, 0.2) is 36.5 Å². The Labute approximate surface area is 187 Å². The van der Waals surface area contributed by atoms with Crippen molar-refractivity contribution >= 4 is 28.5 Å². The van der Waals surface area contributed by atoms with E-state index in [-0.39, 0.29) is 11.9 Å². The molecule has 2 aromatic heterocycles. The average molecular weight is 442 g/mol. The molecular weight excluding hydrogens is 414 g/mol. The summed E-state index contributed by atoms with van der Waals surface area (Å²) in [5.74, 6) is 0.744. The molecule has 0 saturated carbocycles. The Bertz CT molecular complexity index is 1070. The smallest absolute Gasteiger partial charge is 0.255 e. The summed E-state index contributed by atoms with van der Waals surface area (Å²) in [5.41, 5.74) is 2.23. The summed E-state index contributed by atoms with van der Waals surface area (Å²) < 4.78 is 7.68. The summed E-state index contributed by atoms with van der Waals surface area (Å²) >= 11 is 6.13. The molecule has 1 amide bonds. The fourth-order valence-electron chi connectivity index (χ4n) is 3.85. The second-order valence-corrected chi connectivity index (χ2v) is 8.54. The van der Waals surface area contributed by atoms with Gasteiger partial charge in [-0.25, -0.2) is 9.67 Å². The first-order valence-corrected chi connectivity index (χ1v) is 11.1. The number of benzene rings is 1. The van der Waals surface area contributed by atoms with Crippen LogP contribution >= 0.6 is 11.6 Å². The van der Waals surface area contributed by atoms with Gasteiger partial charge in [0.25, 0.3) is 5.91 Å². The van der Waals surface area contributed by atoms with Gasteiger partial charge >= 0.3 is 0 Å². The molecule has 0 N–H and O–H groups in total. The van der Waals surface area contributed by atoms with Crippen molar-refractivity contribution in [3.05, 3.63) is 52.8 Å². The van der Waals surface area contributed by atoms with E-state index >= 15 is 0 Å². The van der Waals surface area contributed by atoms with E-state index in [0.717, 1.165) is 36.4 Å². The molecule has 1 aromatic carbocycles. The van der Waals surface area contributed by atoms with Crippen LogP contribution in [0, 0.1) is 6.92 Å². The number of fused-ring (bicyclic) bond motifs is 1. The summed E-state index contributed by atoms with van der Waals surface area (Å²) in [6.45, 7) is 10.4. The Kier molecular flexibility index (Phi) is 6.43. The first kappa shape index (κ1) is 21.6. The van der Waals surface area contributed by atoms with E-state index in [1.807, 2.05) is 46.8 Å². The second-order valence-electron chi connectivity index (χ2n) is 8.13. The van der Waals surface area contributed by atoms with E-state index in [2.05, 4.69) is 28.8 Å². The minimum absolute atomic E-state index is 0.0381. The predicted molar refractivity (Wildman–Crippen MR) is 122 cm³/mol. The minimum atomic E-state index is 0.0381. The van der Waals surface area contributed by atoms with Gasteiger partial charge in [-0.15, -0.1) is 0 Å². The van der Waals surface area contributed by atoms with Crippen LogP contribution in [0.4, 0.5) is 0 Å². The molecule has 1 aliphatic rings. The van der Waals surface area contributed by atoms with Crippen molar-refractivity contribution in [2.24, 2.45) is 0 Å². The second kappa shape index (κ2) is 9.24. The lowest BCUT2D eigenvalue weighted by atomic mass is 10.1. The maximum atomic E-state index is 13.1. The summed E-state index contributed by atoms with van der Waals surface area (Å²) in [4.78, 5) is 22.0. The standard InChI is InChI=1S/C23H28ClN5O2/c1-16(2)29-22-18(15-25-29)14-19(17(3)26-22)23(30)28-10-8-27(9-11-28)12-13-31-21-7-5-4-6-20(21)24/h4-7,14-16H,8-13H2,1-3H3. The number of piperazine rings is 1. The summed E-state index contributed by atoms with van der Waals surface area (Å²) in [5, 5.41) is 5.94. The average Bonchev–Trinajstić information content (AvgIpc) is 3.17. The van der Waals surface area contributed by atoms with Crippen LogP contribution in [0.3, 0.4) is 0 Å². The lowest BCUT2D eigenvalue weighted by Gasteiger charge is -2.34. The van der Waals surface area contributed by atoms with Gasteiger partial charge in [0.1, 0.15) is 12.4 Å². The summed E-state index contributed by atoms with van der Waals surface area (Å²) in [7, 11) is 0. The van der Waals surface area contributed by atoms with Crippen molar-refractivity contribution in [3.63, 3.8) is 0 Å². The lowest BCUT2D eigenvalue weighted by molar-refractivity contribution is 0.0619. The highest BCUT2D eigenvalue weighted by Crippen LogP contribution is 2.23. The highest BCUT2D eigenvalue weighted by Gasteiger charge is 2.24. The number of nitrogens with zero attached hydrogens (tertiary/aromatic N) is 5. The SMILES string of the molecule is Cc1nc2c(cnn2C(C)C)cc1C(=O)N1CCN(CCOc2ccccc2Cl)CC1. The molecular formula is C23H28ClN5O2. The van der Waals surface area contributed by atoms with Crippen molar-refractivity contribution in [2.45, 2.75) is 26.8 Å². The zero-order valence-corrected chi connectivity index (χ0v) is 19.0. The monoisotopic (exact) mass is 441 g/mol. The molecule has 4 rings (SSSR count). The van der Waals surface area contributed by atoms with Gasteiger partial charge in [-0.05, 0) is 39.0 Å². The van der Waals surface area contributed by atoms with Gasteiger partial charge in [0.2, 0.25) is 0 Å². The maximum absolute atomic E-state index is 13.1. The van der Waals surface area contributed by atoms with E-state index in [1.54, 1.807) is 6.20 Å². The third-order valence-electron chi connectivity index (χ3n) is 5.64. The molecule has 3 heterocycles. The third-order valence-corrected chi connectivity index (χ3v) is 5.95. The molecule has 0 aliphatic carbocycles. The number of halogens is 1. The molecule has 31 heavy (non-hydrogen) atoms. The number of para-hydroxylation sites is 1. The number of aromatic nitrogens is 3. The van der Waals surface area contributed by atoms with Crippen LogP contribution in [0.5, 0.6) is 5.75 Å². The van der Waals surface area contributed by atoms with Crippen LogP contribution in [-0.2, 0) is 0 Å². The molecule has 1 aliphatic heterocycles. The lowest BCUT2D eigenvalue weighted by Crippen LogP contribution is -2.49. The van der Waals surface area contributed by atoms with Gasteiger partial charge in [0.05, 0.1) is 22.5 Å². The Morgan fingerprint density at radius 2 is 1.94 bits per heavy atom. The molecule has 0 atom stereocenters. The van der Waals surface area contributed by atoms with Crippen LogP contribution in [0.25, 0.3) is 11.0 Å². The number of hydrogen-bond acceptors (Lipinski definition) is 5. The third kappa shape index (κ3) is 4.67. The molecule has 0 unspecified atom stereocenters. The molecule has 1 saturated heterocycles. The molecule has 1 fully saturated rings. The number of rotatable bonds is 6. The first-order valence-electron chi connectivity index (χ1n) is 10.7. The normalized spacial score (nSPS) is 15.1. The number of carbonyl (C=O) groups excluding carboxylic acids is 1. The van der Waals surface area contributed by atoms with E-state index < -0.39 is 0 Å². The fourth-order valence-corrected chi connectivity index (χ4v) is 4.04. The van der Waals surface area contributed by atoms with Gasteiger partial charge < -0.3 is 9.64 Å². The largest absolute Gasteiger partial charge is 0.491 e. The molecule has 8 heteroatoms. The van der Waals surface area contributed by atoms with Gasteiger partial charge in [0.15, 0.2) is 5.65 Å². The van der Waals surface area contributed by atoms with E-state index in [4.69, 9.17) is 16.3 Å². The Hall–Kier alpha value is -2.64. The van der Waals surface area contributed by atoms with Crippen molar-refractivity contribution < 1.29 is 9.53 Å². The van der Waals surface area contributed by atoms with Crippen LogP contribution < -0.4 is 4.74 Å². The molecule has 0 bridgehead atoms. The number of carbonyl (C=O) groups is 1. The van der Waals surface area contributed by atoms with Gasteiger partial charge in [-0.1, -0.05) is 23.7 Å². The highest BCUT2D eigenvalue weighted by molar-refractivity contribution is 6.32. The highest BCUT2D eigenvalue weighted by atomic mass is 35.5. The first-order chi connectivity index (χ1) is 14.9. The number of pyridine rings is 1. The molecule has 0 radical (unpaired) electrons. The zero-order chi connectivity index (χ0) is 22.0. The Morgan fingerprint density at radius 3 is 2.65 bits per heavy atom. The van der Waals surface area contributed by atoms with Crippen molar-refractivity contribution in [1.82, 2.24) is 24.6 Å². The molecule has 7 nitrogen and oxygen atoms in total. The van der Waals surface area contributed by atoms with Crippen LogP contribution in [0.2, 0.25) is 5.02 Å². The van der Waals surface area contributed by atoms with Gasteiger partial charge in [0, 0.05) is 44.2 Å². The van der Waals surface area contributed by atoms with E-state index in [0.29, 0.717) is 36.0 Å². The Morgan fingerprint density at radius 1 is 1.19 bits per heavy atom. The summed E-state index contributed by atoms with van der Waals surface area (Å²) in [6, 6.07) is 9.64. The topological polar surface area (TPSA) is 63.5 Å². The van der Waals surface area contributed by atoms with Gasteiger partial charge in [-0.2, -0.15) is 5.10 Å². The van der Waals surface area contributed by atoms with Crippen LogP contribution in [-0.4, -0.2) is 69.8 Å². The van der Waals surface area contributed by atoms with E-state index in [9.17, 15) is 4.79 Å². The molecule has 0 spiro atoms. The van der Waals surface area contributed by atoms with Crippen molar-refractivity contribution in [2.75, 3.05) is 39.3 Å². The fraction of sp³-hybridized carbons (Fsp3) is 0.435. The minimum Gasteiger partial charge on any atom is -0.491 e. The number of ether oxygens (including phenoxy) is 1. The predicted octanol–water partition coefficient (Wildman–Crippen LogP) is 3.81. The number of amides is 1. The summed E-state index contributed by atoms with van der Waals surface area (Å²) in [6.07, 6.45) is 1.79. The molecule has 3 aromatic rings. The number of hydrogen-bond donors (Lipinski definition) is 0. The quantitative estimate of drug-likeness (QED) is 0.582. The maximum Gasteiger partial charge on any atom is 0.255 e. The molecule has 164 valence electrons. The van der Waals surface area contributed by atoms with Crippen LogP contribution in [0.1, 0.15) is 35.9 Å². The van der Waals surface area contributed by atoms with Crippen molar-refractivity contribution in [3.8, 4) is 5.75 Å². The van der Waals surface area contributed by atoms with E-state index in [1.165, 1.54) is 0 Å².